The molecule has 38 heavy (non-hydrogen) atoms. The Morgan fingerprint density at radius 1 is 0.921 bits per heavy atom. The van der Waals surface area contributed by atoms with Gasteiger partial charge in [0.05, 0.1) is 6.10 Å². The number of aliphatic hydroxyl groups is 1. The normalized spacial score (nSPS) is 38.4. The Bertz CT molecular complexity index is 797. The SMILES string of the molecule is CCCCN(C)C(=O)CCCCCCCCCC1CC2CC(=O)CC[C@]2(C)[C@@H]2CC[C@]3(C)C(O)CC[C@H]3[C@H]12. The highest BCUT2D eigenvalue weighted by Gasteiger charge is 2.62. The molecule has 0 saturated heterocycles. The molecule has 4 aliphatic rings. The van der Waals surface area contributed by atoms with Gasteiger partial charge >= 0.3 is 0 Å². The van der Waals surface area contributed by atoms with E-state index in [0.29, 0.717) is 35.4 Å². The molecule has 4 fully saturated rings. The Morgan fingerprint density at radius 2 is 1.61 bits per heavy atom. The Labute approximate surface area is 234 Å². The van der Waals surface area contributed by atoms with Gasteiger partial charge < -0.3 is 10.0 Å². The fourth-order valence-electron chi connectivity index (χ4n) is 9.77. The van der Waals surface area contributed by atoms with Crippen molar-refractivity contribution in [3.63, 3.8) is 0 Å². The number of nitrogens with zero attached hydrogens (tertiary/aromatic N) is 1. The summed E-state index contributed by atoms with van der Waals surface area (Å²) in [6.45, 7) is 8.01. The summed E-state index contributed by atoms with van der Waals surface area (Å²) < 4.78 is 0. The van der Waals surface area contributed by atoms with Crippen LogP contribution in [0.25, 0.3) is 0 Å². The zero-order valence-corrected chi connectivity index (χ0v) is 25.3. The summed E-state index contributed by atoms with van der Waals surface area (Å²) in [4.78, 5) is 26.6. The second kappa shape index (κ2) is 13.2. The lowest BCUT2D eigenvalue weighted by Gasteiger charge is -2.62. The minimum atomic E-state index is -0.111. The van der Waals surface area contributed by atoms with Crippen LogP contribution in [0.4, 0.5) is 0 Å². The van der Waals surface area contributed by atoms with Crippen molar-refractivity contribution in [2.45, 2.75) is 149 Å². The first-order valence-corrected chi connectivity index (χ1v) is 16.6. The molecule has 4 saturated carbocycles. The topological polar surface area (TPSA) is 57.6 Å². The molecule has 0 aliphatic heterocycles. The monoisotopic (exact) mass is 529 g/mol. The summed E-state index contributed by atoms with van der Waals surface area (Å²) in [5.41, 5.74) is 0.468. The maximum absolute atomic E-state index is 12.5. The van der Waals surface area contributed by atoms with Crippen LogP contribution in [-0.2, 0) is 9.59 Å². The molecule has 0 aromatic rings. The second-order valence-electron chi connectivity index (χ2n) is 14.6. The van der Waals surface area contributed by atoms with Gasteiger partial charge in [0, 0.05) is 32.9 Å². The van der Waals surface area contributed by atoms with Crippen LogP contribution >= 0.6 is 0 Å². The molecular formula is C34H59NO3. The van der Waals surface area contributed by atoms with Gasteiger partial charge in [-0.3, -0.25) is 9.59 Å². The lowest BCUT2D eigenvalue weighted by atomic mass is 9.42. The van der Waals surface area contributed by atoms with Gasteiger partial charge in [0.15, 0.2) is 0 Å². The summed E-state index contributed by atoms with van der Waals surface area (Å²) in [6.07, 6.45) is 21.5. The Kier molecular flexibility index (Phi) is 10.4. The highest BCUT2D eigenvalue weighted by atomic mass is 16.3. The molecule has 0 spiro atoms. The Hall–Kier alpha value is -0.900. The number of hydrogen-bond acceptors (Lipinski definition) is 3. The molecule has 4 heteroatoms. The van der Waals surface area contributed by atoms with Gasteiger partial charge in [0.1, 0.15) is 5.78 Å². The van der Waals surface area contributed by atoms with E-state index in [0.717, 1.165) is 69.2 Å². The molecule has 0 aromatic carbocycles. The zero-order valence-electron chi connectivity index (χ0n) is 25.3. The molecule has 0 heterocycles. The van der Waals surface area contributed by atoms with Crippen LogP contribution in [0.5, 0.6) is 0 Å². The molecule has 1 amide bonds. The Balaban J connectivity index is 1.23. The molecule has 3 unspecified atom stereocenters. The van der Waals surface area contributed by atoms with Crippen molar-refractivity contribution in [3.8, 4) is 0 Å². The molecule has 0 radical (unpaired) electrons. The smallest absolute Gasteiger partial charge is 0.222 e. The summed E-state index contributed by atoms with van der Waals surface area (Å²) in [7, 11) is 1.95. The highest BCUT2D eigenvalue weighted by molar-refractivity contribution is 5.79. The van der Waals surface area contributed by atoms with E-state index in [1.54, 1.807) is 0 Å². The summed E-state index contributed by atoms with van der Waals surface area (Å²) in [6, 6.07) is 0. The van der Waals surface area contributed by atoms with E-state index in [1.807, 2.05) is 11.9 Å². The van der Waals surface area contributed by atoms with Gasteiger partial charge in [-0.2, -0.15) is 0 Å². The summed E-state index contributed by atoms with van der Waals surface area (Å²) in [5, 5.41) is 11.0. The number of unbranched alkanes of at least 4 members (excludes halogenated alkanes) is 7. The number of rotatable bonds is 13. The van der Waals surface area contributed by atoms with Gasteiger partial charge in [0.25, 0.3) is 0 Å². The predicted octanol–water partition coefficient (Wildman–Crippen LogP) is 7.95. The number of ketones is 1. The first kappa shape index (κ1) is 30.1. The van der Waals surface area contributed by atoms with Gasteiger partial charge in [-0.25, -0.2) is 0 Å². The van der Waals surface area contributed by atoms with Gasteiger partial charge in [0.2, 0.25) is 5.91 Å². The standard InChI is InChI=1S/C34H59NO3/c1-5-6-22-35(4)31(38)15-13-11-9-7-8-10-12-14-25-23-26-24-27(36)18-20-33(26,2)29-19-21-34(3)28(32(25)29)16-17-30(34)37/h25-26,28-30,32,37H,5-24H2,1-4H3/t25?,26?,28-,29+,30?,32-,33-,34-/m0/s1. The minimum absolute atomic E-state index is 0.111. The fourth-order valence-corrected chi connectivity index (χ4v) is 9.77. The maximum Gasteiger partial charge on any atom is 0.222 e. The number of amides is 1. The molecule has 1 N–H and O–H groups in total. The number of Topliss-reactive ketones (excluding diaryl/α,β-unsaturated/α-hetero) is 1. The molecule has 0 bridgehead atoms. The quantitative estimate of drug-likeness (QED) is 0.246. The molecule has 8 atom stereocenters. The predicted molar refractivity (Wildman–Crippen MR) is 156 cm³/mol. The van der Waals surface area contributed by atoms with Crippen LogP contribution in [0.15, 0.2) is 0 Å². The maximum atomic E-state index is 12.5. The van der Waals surface area contributed by atoms with E-state index < -0.39 is 0 Å². The molecule has 0 aromatic heterocycles. The average molecular weight is 530 g/mol. The molecule has 218 valence electrons. The van der Waals surface area contributed by atoms with Crippen molar-refractivity contribution < 1.29 is 14.7 Å². The van der Waals surface area contributed by atoms with Gasteiger partial charge in [-0.1, -0.05) is 72.1 Å². The summed E-state index contributed by atoms with van der Waals surface area (Å²) in [5.74, 6) is 4.36. The lowest BCUT2D eigenvalue weighted by Crippen LogP contribution is -2.57. The number of fused-ring (bicyclic) bond motifs is 5. The van der Waals surface area contributed by atoms with Crippen molar-refractivity contribution in [1.29, 1.82) is 0 Å². The lowest BCUT2D eigenvalue weighted by molar-refractivity contribution is -0.156. The van der Waals surface area contributed by atoms with E-state index in [1.165, 1.54) is 70.6 Å². The first-order chi connectivity index (χ1) is 18.2. The van der Waals surface area contributed by atoms with Crippen molar-refractivity contribution >= 4 is 11.7 Å². The van der Waals surface area contributed by atoms with Crippen LogP contribution in [0.2, 0.25) is 0 Å². The van der Waals surface area contributed by atoms with E-state index in [4.69, 9.17) is 0 Å². The molecule has 4 nitrogen and oxygen atoms in total. The minimum Gasteiger partial charge on any atom is -0.393 e. The molecular weight excluding hydrogens is 470 g/mol. The number of carbonyl (C=O) groups is 2. The van der Waals surface area contributed by atoms with E-state index >= 15 is 0 Å². The first-order valence-electron chi connectivity index (χ1n) is 16.6. The van der Waals surface area contributed by atoms with Crippen molar-refractivity contribution in [2.24, 2.45) is 40.4 Å². The van der Waals surface area contributed by atoms with Gasteiger partial charge in [-0.15, -0.1) is 0 Å². The zero-order chi connectivity index (χ0) is 27.3. The van der Waals surface area contributed by atoms with E-state index in [-0.39, 0.29) is 11.5 Å². The third kappa shape index (κ3) is 6.36. The van der Waals surface area contributed by atoms with Crippen molar-refractivity contribution in [1.82, 2.24) is 4.90 Å². The third-order valence-corrected chi connectivity index (χ3v) is 12.3. The number of carbonyl (C=O) groups excluding carboxylic acids is 2. The largest absolute Gasteiger partial charge is 0.393 e. The Morgan fingerprint density at radius 3 is 2.34 bits per heavy atom. The van der Waals surface area contributed by atoms with Crippen LogP contribution in [-0.4, -0.2) is 41.4 Å². The number of aliphatic hydroxyl groups excluding tert-OH is 1. The second-order valence-corrected chi connectivity index (χ2v) is 14.6. The fraction of sp³-hybridized carbons (Fsp3) is 0.941. The van der Waals surface area contributed by atoms with Crippen molar-refractivity contribution in [2.75, 3.05) is 13.6 Å². The molecule has 4 rings (SSSR count). The van der Waals surface area contributed by atoms with Crippen LogP contribution in [0, 0.1) is 40.4 Å². The van der Waals surface area contributed by atoms with Crippen LogP contribution < -0.4 is 0 Å². The van der Waals surface area contributed by atoms with E-state index in [2.05, 4.69) is 20.8 Å². The highest BCUT2D eigenvalue weighted by Crippen LogP contribution is 2.67. The third-order valence-electron chi connectivity index (χ3n) is 12.3. The van der Waals surface area contributed by atoms with Crippen molar-refractivity contribution in [3.05, 3.63) is 0 Å². The molecule has 4 aliphatic carbocycles. The van der Waals surface area contributed by atoms with Gasteiger partial charge in [-0.05, 0) is 91.8 Å². The van der Waals surface area contributed by atoms with E-state index in [9.17, 15) is 14.7 Å². The average Bonchev–Trinajstić information content (AvgIpc) is 3.20. The van der Waals surface area contributed by atoms with Crippen LogP contribution in [0.3, 0.4) is 0 Å². The van der Waals surface area contributed by atoms with Crippen LogP contribution in [0.1, 0.15) is 143 Å². The summed E-state index contributed by atoms with van der Waals surface area (Å²) >= 11 is 0. The number of hydrogen-bond donors (Lipinski definition) is 1.